The molecule has 2 saturated carbocycles. The summed E-state index contributed by atoms with van der Waals surface area (Å²) in [6.07, 6.45) is 9.42. The molecule has 2 aromatic heterocycles. The third kappa shape index (κ3) is 4.35. The molecule has 3 fully saturated rings. The average molecular weight is 520 g/mol. The van der Waals surface area contributed by atoms with Crippen LogP contribution >= 0.6 is 11.6 Å². The van der Waals surface area contributed by atoms with E-state index in [1.54, 1.807) is 6.33 Å². The van der Waals surface area contributed by atoms with Gasteiger partial charge in [0.25, 0.3) is 0 Å². The maximum absolute atomic E-state index is 6.49. The molecule has 1 aromatic carbocycles. The van der Waals surface area contributed by atoms with Gasteiger partial charge in [-0.1, -0.05) is 23.7 Å². The minimum Gasteiger partial charge on any atom is -0.367 e. The van der Waals surface area contributed by atoms with Gasteiger partial charge in [0.15, 0.2) is 5.79 Å². The van der Waals surface area contributed by atoms with Gasteiger partial charge in [0.05, 0.1) is 17.7 Å². The van der Waals surface area contributed by atoms with E-state index in [0.717, 1.165) is 54.9 Å². The van der Waals surface area contributed by atoms with Crippen molar-refractivity contribution >= 4 is 34.1 Å². The maximum atomic E-state index is 6.49. The second kappa shape index (κ2) is 9.07. The minimum absolute atomic E-state index is 0.0260. The SMILES string of the molecule is CC1(C)O[C@@H]2[C@@H](CCc3ccc4ccc(NC5CCC5)nc4c3)C[C@@H](N3CCc4c(Cl)ncnc43)[C@@H]2O1. The number of halogens is 1. The monoisotopic (exact) mass is 519 g/mol. The van der Waals surface area contributed by atoms with Crippen molar-refractivity contribution in [2.75, 3.05) is 16.8 Å². The number of benzene rings is 1. The molecule has 2 aliphatic carbocycles. The molecule has 0 unspecified atom stereocenters. The first-order valence-electron chi connectivity index (χ1n) is 13.7. The summed E-state index contributed by atoms with van der Waals surface area (Å²) in [5.74, 6) is 1.79. The van der Waals surface area contributed by atoms with E-state index in [9.17, 15) is 0 Å². The lowest BCUT2D eigenvalue weighted by Gasteiger charge is -2.31. The van der Waals surface area contributed by atoms with E-state index in [-0.39, 0.29) is 18.2 Å². The average Bonchev–Trinajstić information content (AvgIpc) is 3.51. The van der Waals surface area contributed by atoms with E-state index in [0.29, 0.717) is 17.1 Å². The lowest BCUT2D eigenvalue weighted by Crippen LogP contribution is -2.43. The second-order valence-electron chi connectivity index (χ2n) is 11.6. The third-order valence-corrected chi connectivity index (χ3v) is 9.04. The van der Waals surface area contributed by atoms with Crippen LogP contribution in [-0.2, 0) is 22.3 Å². The lowest BCUT2D eigenvalue weighted by atomic mass is 9.93. The summed E-state index contributed by atoms with van der Waals surface area (Å²) in [4.78, 5) is 16.1. The number of anilines is 2. The van der Waals surface area contributed by atoms with Crippen LogP contribution in [-0.4, -0.2) is 51.6 Å². The summed E-state index contributed by atoms with van der Waals surface area (Å²) in [6.45, 7) is 4.95. The highest BCUT2D eigenvalue weighted by atomic mass is 35.5. The molecule has 4 heterocycles. The molecular weight excluding hydrogens is 486 g/mol. The first-order valence-corrected chi connectivity index (χ1v) is 14.1. The van der Waals surface area contributed by atoms with Crippen molar-refractivity contribution in [2.24, 2.45) is 5.92 Å². The zero-order chi connectivity index (χ0) is 25.1. The van der Waals surface area contributed by atoms with Crippen molar-refractivity contribution in [3.05, 3.63) is 52.9 Å². The highest BCUT2D eigenvalue weighted by molar-refractivity contribution is 6.30. The van der Waals surface area contributed by atoms with Crippen LogP contribution < -0.4 is 10.2 Å². The third-order valence-electron chi connectivity index (χ3n) is 8.71. The first kappa shape index (κ1) is 23.6. The Morgan fingerprint density at radius 1 is 1.11 bits per heavy atom. The Bertz CT molecular complexity index is 1330. The van der Waals surface area contributed by atoms with Gasteiger partial charge >= 0.3 is 0 Å². The lowest BCUT2D eigenvalue weighted by molar-refractivity contribution is -0.158. The van der Waals surface area contributed by atoms with Gasteiger partial charge in [-0.05, 0) is 88.5 Å². The molecule has 0 radical (unpaired) electrons. The van der Waals surface area contributed by atoms with Crippen molar-refractivity contribution in [2.45, 2.75) is 88.9 Å². The fourth-order valence-corrected chi connectivity index (χ4v) is 6.89. The number of fused-ring (bicyclic) bond motifs is 3. The van der Waals surface area contributed by atoms with Gasteiger partial charge in [-0.3, -0.25) is 0 Å². The Morgan fingerprint density at radius 3 is 2.78 bits per heavy atom. The molecule has 1 saturated heterocycles. The summed E-state index contributed by atoms with van der Waals surface area (Å²) in [7, 11) is 0. The van der Waals surface area contributed by atoms with E-state index >= 15 is 0 Å². The number of rotatable bonds is 6. The van der Waals surface area contributed by atoms with Crippen molar-refractivity contribution in [1.82, 2.24) is 15.0 Å². The quantitative estimate of drug-likeness (QED) is 0.428. The van der Waals surface area contributed by atoms with E-state index in [1.165, 1.54) is 30.2 Å². The van der Waals surface area contributed by atoms with Crippen LogP contribution in [0, 0.1) is 5.92 Å². The summed E-state index contributed by atoms with van der Waals surface area (Å²) in [5.41, 5.74) is 3.44. The van der Waals surface area contributed by atoms with Crippen LogP contribution in [0.5, 0.6) is 0 Å². The standard InChI is InChI=1S/C29H34ClN5O2/c1-29(2)36-25-19(15-23(26(25)37-29)35-13-12-21-27(30)31-16-32-28(21)35)9-7-17-6-8-18-10-11-24(34-22(18)14-17)33-20-4-3-5-20/h6,8,10-11,14,16,19-20,23,25-26H,3-5,7,9,12-13,15H2,1-2H3,(H,33,34)/t19-,23+,25+,26-/m0/s1. The van der Waals surface area contributed by atoms with E-state index in [1.807, 2.05) is 13.8 Å². The highest BCUT2D eigenvalue weighted by Gasteiger charge is 2.56. The van der Waals surface area contributed by atoms with Crippen LogP contribution in [0.1, 0.15) is 57.1 Å². The molecule has 8 heteroatoms. The normalized spacial score (nSPS) is 28.4. The Kier molecular flexibility index (Phi) is 5.79. The highest BCUT2D eigenvalue weighted by Crippen LogP contribution is 2.47. The molecule has 7 rings (SSSR count). The molecule has 4 atom stereocenters. The smallest absolute Gasteiger partial charge is 0.163 e. The zero-order valence-corrected chi connectivity index (χ0v) is 22.2. The predicted octanol–water partition coefficient (Wildman–Crippen LogP) is 5.55. The number of aromatic nitrogens is 3. The van der Waals surface area contributed by atoms with Crippen LogP contribution in [0.2, 0.25) is 5.15 Å². The van der Waals surface area contributed by atoms with Gasteiger partial charge in [-0.15, -0.1) is 0 Å². The number of ether oxygens (including phenoxy) is 2. The second-order valence-corrected chi connectivity index (χ2v) is 11.9. The Labute approximate surface area is 222 Å². The number of pyridine rings is 1. The van der Waals surface area contributed by atoms with E-state index in [4.69, 9.17) is 26.1 Å². The van der Waals surface area contributed by atoms with Gasteiger partial charge < -0.3 is 19.7 Å². The predicted molar refractivity (Wildman–Crippen MR) is 145 cm³/mol. The molecule has 2 aliphatic heterocycles. The minimum atomic E-state index is -0.575. The topological polar surface area (TPSA) is 72.4 Å². The Balaban J connectivity index is 1.09. The molecule has 0 amide bonds. The summed E-state index contributed by atoms with van der Waals surface area (Å²) in [5, 5.41) is 5.33. The Hall–Kier alpha value is -2.48. The number of nitrogens with zero attached hydrogens (tertiary/aromatic N) is 4. The van der Waals surface area contributed by atoms with Gasteiger partial charge in [-0.2, -0.15) is 0 Å². The molecule has 4 aliphatic rings. The molecule has 7 nitrogen and oxygen atoms in total. The molecule has 37 heavy (non-hydrogen) atoms. The molecule has 0 bridgehead atoms. The number of hydrogen-bond donors (Lipinski definition) is 1. The van der Waals surface area contributed by atoms with E-state index in [2.05, 4.69) is 50.5 Å². The summed E-state index contributed by atoms with van der Waals surface area (Å²) >= 11 is 6.39. The fourth-order valence-electron chi connectivity index (χ4n) is 6.66. The molecule has 194 valence electrons. The fraction of sp³-hybridized carbons (Fsp3) is 0.552. The molecule has 3 aromatic rings. The van der Waals surface area contributed by atoms with Gasteiger partial charge in [0.2, 0.25) is 0 Å². The number of nitrogens with one attached hydrogen (secondary N) is 1. The van der Waals surface area contributed by atoms with Crippen molar-refractivity contribution in [1.29, 1.82) is 0 Å². The molecule has 0 spiro atoms. The maximum Gasteiger partial charge on any atom is 0.163 e. The summed E-state index contributed by atoms with van der Waals surface area (Å²) in [6, 6.07) is 11.8. The van der Waals surface area contributed by atoms with Crippen LogP contribution in [0.15, 0.2) is 36.7 Å². The first-order chi connectivity index (χ1) is 17.9. The van der Waals surface area contributed by atoms with Crippen LogP contribution in [0.4, 0.5) is 11.6 Å². The summed E-state index contributed by atoms with van der Waals surface area (Å²) < 4.78 is 13.0. The molecular formula is C29H34ClN5O2. The van der Waals surface area contributed by atoms with Crippen LogP contribution in [0.3, 0.4) is 0 Å². The van der Waals surface area contributed by atoms with Crippen LogP contribution in [0.25, 0.3) is 10.9 Å². The van der Waals surface area contributed by atoms with E-state index < -0.39 is 5.79 Å². The largest absolute Gasteiger partial charge is 0.367 e. The number of aryl methyl sites for hydroxylation is 1. The Morgan fingerprint density at radius 2 is 1.95 bits per heavy atom. The van der Waals surface area contributed by atoms with Gasteiger partial charge in [0, 0.05) is 23.5 Å². The zero-order valence-electron chi connectivity index (χ0n) is 21.5. The van der Waals surface area contributed by atoms with Crippen molar-refractivity contribution in [3.8, 4) is 0 Å². The van der Waals surface area contributed by atoms with Crippen molar-refractivity contribution < 1.29 is 9.47 Å². The van der Waals surface area contributed by atoms with Gasteiger partial charge in [0.1, 0.15) is 29.2 Å². The number of hydrogen-bond acceptors (Lipinski definition) is 7. The molecule has 1 N–H and O–H groups in total. The van der Waals surface area contributed by atoms with Crippen molar-refractivity contribution in [3.63, 3.8) is 0 Å². The van der Waals surface area contributed by atoms with Gasteiger partial charge in [-0.25, -0.2) is 15.0 Å².